The Morgan fingerprint density at radius 2 is 1.80 bits per heavy atom. The standard InChI is InChI=1S/C17H16O2Te/c1-18-15-9-7-13(8-10-15)11-16-12-17(20-19-16)14-5-3-2-4-6-14/h2-10,12,17H,11H2,1H3. The van der Waals surface area contributed by atoms with E-state index in [9.17, 15) is 0 Å². The predicted molar refractivity (Wildman–Crippen MR) is 80.8 cm³/mol. The van der Waals surface area contributed by atoms with E-state index in [2.05, 4.69) is 48.5 Å². The van der Waals surface area contributed by atoms with Crippen LogP contribution in [-0.2, 0) is 9.52 Å². The zero-order valence-corrected chi connectivity index (χ0v) is 13.6. The van der Waals surface area contributed by atoms with Crippen LogP contribution in [0.25, 0.3) is 0 Å². The minimum absolute atomic E-state index is 0.452. The molecule has 0 spiro atoms. The Hall–Kier alpha value is -1.43. The van der Waals surface area contributed by atoms with E-state index in [-0.39, 0.29) is 0 Å². The number of hydrogen-bond acceptors (Lipinski definition) is 2. The van der Waals surface area contributed by atoms with Gasteiger partial charge in [-0.25, -0.2) is 0 Å². The van der Waals surface area contributed by atoms with Crippen LogP contribution in [-0.4, -0.2) is 28.4 Å². The van der Waals surface area contributed by atoms with Crippen molar-refractivity contribution >= 4 is 21.3 Å². The van der Waals surface area contributed by atoms with Crippen LogP contribution in [0.5, 0.6) is 5.75 Å². The monoisotopic (exact) mass is 382 g/mol. The molecule has 1 aliphatic heterocycles. The fraction of sp³-hybridized carbons (Fsp3) is 0.176. The third kappa shape index (κ3) is 3.17. The van der Waals surface area contributed by atoms with Crippen molar-refractivity contribution in [2.75, 3.05) is 7.11 Å². The molecule has 2 nitrogen and oxygen atoms in total. The number of hydrogen-bond donors (Lipinski definition) is 0. The van der Waals surface area contributed by atoms with E-state index in [0.717, 1.165) is 17.9 Å². The normalized spacial score (nSPS) is 17.4. The van der Waals surface area contributed by atoms with Crippen LogP contribution in [0.3, 0.4) is 0 Å². The van der Waals surface area contributed by atoms with Gasteiger partial charge >= 0.3 is 130 Å². The quantitative estimate of drug-likeness (QED) is 0.757. The number of benzene rings is 2. The van der Waals surface area contributed by atoms with Crippen LogP contribution in [0.2, 0.25) is 0 Å². The molecule has 0 amide bonds. The summed E-state index contributed by atoms with van der Waals surface area (Å²) in [5, 5.41) is 0. The van der Waals surface area contributed by atoms with Gasteiger partial charge in [0.05, 0.1) is 0 Å². The van der Waals surface area contributed by atoms with Gasteiger partial charge in [-0.05, 0) is 0 Å². The number of ether oxygens (including phenoxy) is 1. The van der Waals surface area contributed by atoms with Crippen molar-refractivity contribution in [3.8, 4) is 5.75 Å². The van der Waals surface area contributed by atoms with Crippen LogP contribution in [0.4, 0.5) is 0 Å². The van der Waals surface area contributed by atoms with Crippen molar-refractivity contribution in [3.05, 3.63) is 77.6 Å². The Labute approximate surface area is 130 Å². The zero-order chi connectivity index (χ0) is 13.8. The molecule has 2 aromatic carbocycles. The van der Waals surface area contributed by atoms with Gasteiger partial charge in [-0.1, -0.05) is 0 Å². The molecule has 0 bridgehead atoms. The topological polar surface area (TPSA) is 18.5 Å². The summed E-state index contributed by atoms with van der Waals surface area (Å²) >= 11 is -0.452. The number of rotatable bonds is 4. The predicted octanol–water partition coefficient (Wildman–Crippen LogP) is 3.51. The third-order valence-corrected chi connectivity index (χ3v) is 5.90. The van der Waals surface area contributed by atoms with Crippen LogP contribution in [0.1, 0.15) is 15.1 Å². The van der Waals surface area contributed by atoms with Gasteiger partial charge in [0.1, 0.15) is 0 Å². The second-order valence-corrected chi connectivity index (χ2v) is 7.14. The molecule has 1 atom stereocenters. The summed E-state index contributed by atoms with van der Waals surface area (Å²) in [4.78, 5) is 0. The average Bonchev–Trinajstić information content (AvgIpc) is 2.97. The Bertz CT molecular complexity index is 590. The van der Waals surface area contributed by atoms with E-state index in [1.807, 2.05) is 12.1 Å². The molecule has 20 heavy (non-hydrogen) atoms. The molecule has 0 fully saturated rings. The van der Waals surface area contributed by atoms with Crippen molar-refractivity contribution < 1.29 is 7.84 Å². The fourth-order valence-corrected chi connectivity index (χ4v) is 4.50. The molecule has 0 radical (unpaired) electrons. The summed E-state index contributed by atoms with van der Waals surface area (Å²) in [5.41, 5.74) is 2.64. The molecule has 0 aliphatic carbocycles. The fourth-order valence-electron chi connectivity index (χ4n) is 2.17. The van der Waals surface area contributed by atoms with Crippen molar-refractivity contribution in [1.29, 1.82) is 0 Å². The van der Waals surface area contributed by atoms with Crippen molar-refractivity contribution in [3.63, 3.8) is 0 Å². The molecule has 0 N–H and O–H groups in total. The molecule has 0 aromatic heterocycles. The zero-order valence-electron chi connectivity index (χ0n) is 11.3. The molecule has 1 heterocycles. The minimum atomic E-state index is -0.452. The third-order valence-electron chi connectivity index (χ3n) is 3.26. The second kappa shape index (κ2) is 6.35. The average molecular weight is 380 g/mol. The van der Waals surface area contributed by atoms with Gasteiger partial charge in [-0.3, -0.25) is 0 Å². The van der Waals surface area contributed by atoms with Gasteiger partial charge in [-0.15, -0.1) is 0 Å². The van der Waals surface area contributed by atoms with Gasteiger partial charge in [-0.2, -0.15) is 0 Å². The first-order chi connectivity index (χ1) is 9.85. The van der Waals surface area contributed by atoms with E-state index in [1.165, 1.54) is 11.1 Å². The first-order valence-electron chi connectivity index (χ1n) is 6.57. The molecular formula is C17H16O2Te. The van der Waals surface area contributed by atoms with Gasteiger partial charge < -0.3 is 0 Å². The Kier molecular flexibility index (Phi) is 4.30. The Balaban J connectivity index is 1.69. The van der Waals surface area contributed by atoms with Crippen LogP contribution in [0, 0.1) is 0 Å². The molecule has 1 aliphatic rings. The van der Waals surface area contributed by atoms with E-state index >= 15 is 0 Å². The summed E-state index contributed by atoms with van der Waals surface area (Å²) in [6.07, 6.45) is 3.17. The SMILES string of the molecule is COc1ccc(CC2=CC(c3ccccc3)[Te]O2)cc1. The molecule has 0 saturated carbocycles. The molecule has 3 heteroatoms. The molecule has 2 aromatic rings. The second-order valence-electron chi connectivity index (χ2n) is 4.67. The van der Waals surface area contributed by atoms with Crippen molar-refractivity contribution in [2.45, 2.75) is 10.4 Å². The first-order valence-corrected chi connectivity index (χ1v) is 8.87. The van der Waals surface area contributed by atoms with E-state index in [0.29, 0.717) is 3.97 Å². The molecular weight excluding hydrogens is 364 g/mol. The summed E-state index contributed by atoms with van der Waals surface area (Å²) in [6, 6.07) is 18.8. The first kappa shape index (κ1) is 13.5. The van der Waals surface area contributed by atoms with Crippen LogP contribution < -0.4 is 4.74 Å². The van der Waals surface area contributed by atoms with Crippen LogP contribution in [0.15, 0.2) is 66.4 Å². The molecule has 0 saturated heterocycles. The maximum atomic E-state index is 5.94. The number of methoxy groups -OCH3 is 1. The van der Waals surface area contributed by atoms with Gasteiger partial charge in [0.2, 0.25) is 0 Å². The van der Waals surface area contributed by atoms with E-state index in [1.54, 1.807) is 7.11 Å². The Morgan fingerprint density at radius 1 is 1.05 bits per heavy atom. The maximum absolute atomic E-state index is 5.94. The van der Waals surface area contributed by atoms with Gasteiger partial charge in [0, 0.05) is 0 Å². The Morgan fingerprint density at radius 3 is 2.50 bits per heavy atom. The summed E-state index contributed by atoms with van der Waals surface area (Å²) in [7, 11) is 1.69. The van der Waals surface area contributed by atoms with Gasteiger partial charge in [0.25, 0.3) is 0 Å². The summed E-state index contributed by atoms with van der Waals surface area (Å²) in [5.74, 6) is 2.01. The van der Waals surface area contributed by atoms with E-state index < -0.39 is 21.3 Å². The summed E-state index contributed by atoms with van der Waals surface area (Å²) in [6.45, 7) is 0. The van der Waals surface area contributed by atoms with Crippen LogP contribution >= 0.6 is 0 Å². The summed E-state index contributed by atoms with van der Waals surface area (Å²) < 4.78 is 11.6. The van der Waals surface area contributed by atoms with Crippen molar-refractivity contribution in [1.82, 2.24) is 0 Å². The van der Waals surface area contributed by atoms with E-state index in [4.69, 9.17) is 7.84 Å². The molecule has 102 valence electrons. The molecule has 1 unspecified atom stereocenters. The van der Waals surface area contributed by atoms with Gasteiger partial charge in [0.15, 0.2) is 0 Å². The number of allylic oxidation sites excluding steroid dienone is 2. The van der Waals surface area contributed by atoms with Crippen molar-refractivity contribution in [2.24, 2.45) is 0 Å². The molecule has 3 rings (SSSR count).